The van der Waals surface area contributed by atoms with Crippen LogP contribution in [-0.2, 0) is 5.41 Å². The number of pyridine rings is 1. The number of rotatable bonds is 8. The molecule has 2 heterocycles. The molecule has 59 heavy (non-hydrogen) atoms. The van der Waals surface area contributed by atoms with Gasteiger partial charge in [-0.15, -0.1) is 0 Å². The van der Waals surface area contributed by atoms with E-state index in [2.05, 4.69) is 89.2 Å². The van der Waals surface area contributed by atoms with E-state index in [0.717, 1.165) is 66.9 Å². The van der Waals surface area contributed by atoms with E-state index < -0.39 is 12.7 Å². The number of aromatic hydroxyl groups is 1. The van der Waals surface area contributed by atoms with Crippen molar-refractivity contribution in [3.8, 4) is 67.5 Å². The van der Waals surface area contributed by atoms with Crippen LogP contribution in [0.3, 0.4) is 0 Å². The molecular formula is C55H55N3O. The second-order valence-corrected chi connectivity index (χ2v) is 17.5. The summed E-state index contributed by atoms with van der Waals surface area (Å²) < 4.78 is 37.7. The lowest BCUT2D eigenvalue weighted by atomic mass is 9.83. The Morgan fingerprint density at radius 3 is 2.12 bits per heavy atom. The van der Waals surface area contributed by atoms with Gasteiger partial charge in [-0.1, -0.05) is 127 Å². The van der Waals surface area contributed by atoms with E-state index in [9.17, 15) is 5.11 Å². The molecule has 0 aliphatic carbocycles. The number of para-hydroxylation sites is 1. The number of phenolic OH excluding ortho intramolecular Hbond substituents is 1. The van der Waals surface area contributed by atoms with Crippen molar-refractivity contribution in [3.05, 3.63) is 167 Å². The number of aromatic nitrogens is 3. The van der Waals surface area contributed by atoms with Gasteiger partial charge in [-0.05, 0) is 148 Å². The fourth-order valence-electron chi connectivity index (χ4n) is 8.00. The Hall–Kier alpha value is -6.26. The molecule has 1 N–H and O–H groups in total. The molecule has 2 aromatic heterocycles. The van der Waals surface area contributed by atoms with Crippen LogP contribution >= 0.6 is 0 Å². The first-order chi connectivity index (χ1) is 29.7. The van der Waals surface area contributed by atoms with E-state index in [1.807, 2.05) is 105 Å². The van der Waals surface area contributed by atoms with Crippen molar-refractivity contribution < 1.29 is 10.6 Å². The normalized spacial score (nSPS) is 13.3. The molecule has 0 atom stereocenters. The molecule has 0 radical (unpaired) electrons. The molecule has 0 bridgehead atoms. The van der Waals surface area contributed by atoms with E-state index in [-0.39, 0.29) is 22.6 Å². The summed E-state index contributed by atoms with van der Waals surface area (Å²) in [4.78, 5) is 10.2. The van der Waals surface area contributed by atoms with Crippen LogP contribution in [0.25, 0.3) is 72.7 Å². The average Bonchev–Trinajstić information content (AvgIpc) is 3.63. The Morgan fingerprint density at radius 2 is 1.39 bits per heavy atom. The summed E-state index contributed by atoms with van der Waals surface area (Å²) in [5, 5.41) is 11.7. The van der Waals surface area contributed by atoms with E-state index in [0.29, 0.717) is 33.7 Å². The summed E-state index contributed by atoms with van der Waals surface area (Å²) in [6, 6.07) is 42.7. The number of hydrogen-bond acceptors (Lipinski definition) is 3. The Labute approximate surface area is 355 Å². The van der Waals surface area contributed by atoms with Crippen LogP contribution in [-0.4, -0.2) is 19.6 Å². The Morgan fingerprint density at radius 1 is 0.644 bits per heavy atom. The number of hydrogen-bond donors (Lipinski definition) is 1. The topological polar surface area (TPSA) is 50.9 Å². The zero-order valence-electron chi connectivity index (χ0n) is 39.6. The first-order valence-corrected chi connectivity index (χ1v) is 20.5. The average molecular weight is 778 g/mol. The van der Waals surface area contributed by atoms with Crippen molar-refractivity contribution in [2.45, 2.75) is 86.4 Å². The van der Waals surface area contributed by atoms with E-state index in [1.165, 1.54) is 0 Å². The number of aryl methyl sites for hydroxylation is 3. The molecule has 0 aliphatic heterocycles. The molecule has 8 rings (SSSR count). The van der Waals surface area contributed by atoms with Crippen LogP contribution < -0.4 is 0 Å². The molecule has 6 aromatic carbocycles. The molecule has 4 nitrogen and oxygen atoms in total. The standard InChI is InChI=1S/C55H55N3O/c1-33(2)41-26-42(34(3)4)28-43(27-41)39-19-20-50(36(6)25-39)58-51-18-14-17-47(52(51)57-54(58)48-24-35(5)23-37(7)53(48)59)44-29-45(31-46(30-44)55(8,9)10)49-32-40(21-22-56-49)38-15-12-11-13-16-38/h11-34,59H,1-10H3/i6D3,33D. The van der Waals surface area contributed by atoms with Crippen molar-refractivity contribution in [2.75, 3.05) is 0 Å². The van der Waals surface area contributed by atoms with Gasteiger partial charge in [0.15, 0.2) is 0 Å². The highest BCUT2D eigenvalue weighted by atomic mass is 16.3. The van der Waals surface area contributed by atoms with Crippen LogP contribution in [0.5, 0.6) is 5.75 Å². The summed E-state index contributed by atoms with van der Waals surface area (Å²) in [5.41, 5.74) is 14.4. The van der Waals surface area contributed by atoms with E-state index in [4.69, 9.17) is 15.5 Å². The molecule has 0 spiro atoms. The number of benzene rings is 6. The summed E-state index contributed by atoms with van der Waals surface area (Å²) in [6.07, 6.45) is 1.86. The minimum Gasteiger partial charge on any atom is -0.507 e. The first kappa shape index (κ1) is 34.8. The van der Waals surface area contributed by atoms with Crippen LogP contribution in [0.15, 0.2) is 134 Å². The highest BCUT2D eigenvalue weighted by Crippen LogP contribution is 2.42. The molecule has 4 heteroatoms. The van der Waals surface area contributed by atoms with Gasteiger partial charge in [0.2, 0.25) is 0 Å². The van der Waals surface area contributed by atoms with Crippen molar-refractivity contribution in [2.24, 2.45) is 0 Å². The van der Waals surface area contributed by atoms with Gasteiger partial charge in [0.1, 0.15) is 11.6 Å². The smallest absolute Gasteiger partial charge is 0.149 e. The third kappa shape index (κ3) is 7.72. The summed E-state index contributed by atoms with van der Waals surface area (Å²) >= 11 is 0. The summed E-state index contributed by atoms with van der Waals surface area (Å²) in [7, 11) is 0. The quantitative estimate of drug-likeness (QED) is 0.167. The Kier molecular flexibility index (Phi) is 9.12. The second-order valence-electron chi connectivity index (χ2n) is 17.5. The SMILES string of the molecule is [2H]C([2H])([2H])c1cc(-c2cc(C(C)C)cc(C([2H])(C)C)c2)ccc1-n1c(-c2cc(C)cc(C)c2O)nc2c(-c3cc(-c4cc(-c5ccccc5)ccn4)cc(C(C)(C)C)c3)cccc21. The largest absolute Gasteiger partial charge is 0.507 e. The number of fused-ring (bicyclic) bond motifs is 1. The lowest BCUT2D eigenvalue weighted by molar-refractivity contribution is 0.472. The van der Waals surface area contributed by atoms with Gasteiger partial charge < -0.3 is 5.11 Å². The van der Waals surface area contributed by atoms with Crippen molar-refractivity contribution >= 4 is 11.0 Å². The summed E-state index contributed by atoms with van der Waals surface area (Å²) in [6.45, 7) is 15.9. The van der Waals surface area contributed by atoms with Gasteiger partial charge in [-0.2, -0.15) is 0 Å². The maximum atomic E-state index is 11.7. The highest BCUT2D eigenvalue weighted by Gasteiger charge is 2.24. The predicted octanol–water partition coefficient (Wildman–Crippen LogP) is 14.9. The Balaban J connectivity index is 1.40. The van der Waals surface area contributed by atoms with Crippen LogP contribution in [0, 0.1) is 20.7 Å². The van der Waals surface area contributed by atoms with Gasteiger partial charge >= 0.3 is 0 Å². The van der Waals surface area contributed by atoms with E-state index in [1.54, 1.807) is 6.07 Å². The number of nitrogens with zero attached hydrogens (tertiary/aromatic N) is 3. The lowest BCUT2D eigenvalue weighted by Crippen LogP contribution is -2.11. The minimum atomic E-state index is -2.52. The maximum Gasteiger partial charge on any atom is 0.149 e. The lowest BCUT2D eigenvalue weighted by Gasteiger charge is -2.22. The van der Waals surface area contributed by atoms with Gasteiger partial charge in [0, 0.05) is 22.8 Å². The minimum absolute atomic E-state index is 0.0863. The molecule has 0 fully saturated rings. The van der Waals surface area contributed by atoms with Crippen LogP contribution in [0.2, 0.25) is 0 Å². The monoisotopic (exact) mass is 777 g/mol. The molecule has 0 amide bonds. The zero-order valence-corrected chi connectivity index (χ0v) is 35.6. The maximum absolute atomic E-state index is 11.7. The summed E-state index contributed by atoms with van der Waals surface area (Å²) in [5.74, 6) is -0.117. The number of imidazole rings is 1. The Bertz CT molecular complexity index is 3020. The second kappa shape index (κ2) is 15.5. The predicted molar refractivity (Wildman–Crippen MR) is 249 cm³/mol. The molecular weight excluding hydrogens is 719 g/mol. The van der Waals surface area contributed by atoms with E-state index >= 15 is 0 Å². The molecule has 0 saturated heterocycles. The van der Waals surface area contributed by atoms with Gasteiger partial charge in [-0.3, -0.25) is 9.55 Å². The van der Waals surface area contributed by atoms with Gasteiger partial charge in [0.25, 0.3) is 0 Å². The molecule has 0 aliphatic rings. The fourth-order valence-corrected chi connectivity index (χ4v) is 8.00. The third-order valence-corrected chi connectivity index (χ3v) is 11.4. The molecule has 0 saturated carbocycles. The van der Waals surface area contributed by atoms with Gasteiger partial charge in [-0.25, -0.2) is 4.98 Å². The van der Waals surface area contributed by atoms with Crippen LogP contribution in [0.4, 0.5) is 0 Å². The zero-order chi connectivity index (χ0) is 45.2. The van der Waals surface area contributed by atoms with Crippen molar-refractivity contribution in [1.82, 2.24) is 14.5 Å². The highest BCUT2D eigenvalue weighted by molar-refractivity contribution is 5.97. The molecule has 0 unspecified atom stereocenters. The molecule has 296 valence electrons. The van der Waals surface area contributed by atoms with Crippen LogP contribution in [0.1, 0.15) is 99.1 Å². The molecule has 8 aromatic rings. The van der Waals surface area contributed by atoms with Gasteiger partial charge in [0.05, 0.1) is 28.0 Å². The third-order valence-electron chi connectivity index (χ3n) is 11.4. The van der Waals surface area contributed by atoms with Crippen molar-refractivity contribution in [3.63, 3.8) is 0 Å². The van der Waals surface area contributed by atoms with Crippen molar-refractivity contribution in [1.29, 1.82) is 0 Å². The fraction of sp³-hybridized carbons (Fsp3) is 0.236. The number of phenols is 1. The first-order valence-electron chi connectivity index (χ1n) is 22.5.